The molecule has 0 aliphatic rings. The van der Waals surface area contributed by atoms with Gasteiger partial charge >= 0.3 is 0 Å². The van der Waals surface area contributed by atoms with Crippen molar-refractivity contribution in [2.75, 3.05) is 0 Å². The van der Waals surface area contributed by atoms with Crippen molar-refractivity contribution in [1.82, 2.24) is 0 Å². The van der Waals surface area contributed by atoms with Crippen molar-refractivity contribution in [2.45, 2.75) is 168 Å². The minimum absolute atomic E-state index is 0. The molecule has 2 heteroatoms. The summed E-state index contributed by atoms with van der Waals surface area (Å²) in [5, 5.41) is 0. The van der Waals surface area contributed by atoms with Gasteiger partial charge in [-0.25, -0.2) is 0 Å². The molecule has 35 heavy (non-hydrogen) atoms. The van der Waals surface area contributed by atoms with E-state index in [1.807, 2.05) is 0 Å². The minimum atomic E-state index is 0. The lowest BCUT2D eigenvalue weighted by Crippen LogP contribution is -2.48. The van der Waals surface area contributed by atoms with Crippen LogP contribution in [0.1, 0.15) is 161 Å². The Bertz CT molecular complexity index is 537. The first-order valence-electron chi connectivity index (χ1n) is 15.5. The average Bonchev–Trinajstić information content (AvgIpc) is 2.84. The Labute approximate surface area is 220 Å². The van der Waals surface area contributed by atoms with E-state index in [1.165, 1.54) is 128 Å². The molecule has 1 atom stereocenters. The molecule has 0 aliphatic carbocycles. The molecule has 1 rings (SSSR count). The standard InChI is InChI=1S/C33H61N.H2O/c1-4-7-8-9-10-11-12-13-14-15-16-17-18-19-20-24-27-32(30-31-25-22-21-23-26-31)33(34,28-5-2)29-6-3;/h21-23,25-26,32H,4-20,24,27-30,34H2,1-3H3;1H2. The second-order valence-corrected chi connectivity index (χ2v) is 11.2. The zero-order valence-electron chi connectivity index (χ0n) is 24.1. The molecule has 0 heterocycles. The zero-order chi connectivity index (χ0) is 24.7. The highest BCUT2D eigenvalue weighted by molar-refractivity contribution is 5.16. The van der Waals surface area contributed by atoms with Gasteiger partial charge in [0.25, 0.3) is 0 Å². The van der Waals surface area contributed by atoms with E-state index in [2.05, 4.69) is 51.1 Å². The SMILES string of the molecule is CCCCCCCCCCCCCCCCCCC(Cc1ccccc1)C(N)(CCC)CCC.O. The lowest BCUT2D eigenvalue weighted by molar-refractivity contribution is 0.211. The van der Waals surface area contributed by atoms with Crippen molar-refractivity contribution in [2.24, 2.45) is 11.7 Å². The first-order chi connectivity index (χ1) is 16.7. The maximum Gasteiger partial charge on any atom is 0.0185 e. The second kappa shape index (κ2) is 23.5. The maximum atomic E-state index is 7.08. The summed E-state index contributed by atoms with van der Waals surface area (Å²) in [6.07, 6.45) is 30.1. The number of hydrogen-bond donors (Lipinski definition) is 1. The van der Waals surface area contributed by atoms with Gasteiger partial charge in [0.15, 0.2) is 0 Å². The van der Waals surface area contributed by atoms with Crippen molar-refractivity contribution in [3.8, 4) is 0 Å². The summed E-state index contributed by atoms with van der Waals surface area (Å²) in [7, 11) is 0. The first-order valence-corrected chi connectivity index (χ1v) is 15.5. The van der Waals surface area contributed by atoms with Gasteiger partial charge in [0.1, 0.15) is 0 Å². The van der Waals surface area contributed by atoms with E-state index in [9.17, 15) is 0 Å². The molecule has 2 nitrogen and oxygen atoms in total. The van der Waals surface area contributed by atoms with Crippen molar-refractivity contribution in [3.05, 3.63) is 35.9 Å². The Morgan fingerprint density at radius 3 is 1.37 bits per heavy atom. The summed E-state index contributed by atoms with van der Waals surface area (Å²) < 4.78 is 0. The topological polar surface area (TPSA) is 57.5 Å². The second-order valence-electron chi connectivity index (χ2n) is 11.2. The fraction of sp³-hybridized carbons (Fsp3) is 0.818. The average molecular weight is 490 g/mol. The minimum Gasteiger partial charge on any atom is -0.412 e. The summed E-state index contributed by atoms with van der Waals surface area (Å²) >= 11 is 0. The number of benzene rings is 1. The largest absolute Gasteiger partial charge is 0.412 e. The Morgan fingerprint density at radius 1 is 0.571 bits per heavy atom. The number of hydrogen-bond acceptors (Lipinski definition) is 1. The lowest BCUT2D eigenvalue weighted by Gasteiger charge is -2.38. The highest BCUT2D eigenvalue weighted by Crippen LogP contribution is 2.33. The van der Waals surface area contributed by atoms with Crippen LogP contribution < -0.4 is 5.73 Å². The van der Waals surface area contributed by atoms with Crippen molar-refractivity contribution >= 4 is 0 Å². The van der Waals surface area contributed by atoms with Crippen LogP contribution in [0.5, 0.6) is 0 Å². The van der Waals surface area contributed by atoms with Gasteiger partial charge in [-0.2, -0.15) is 0 Å². The molecule has 1 aromatic rings. The predicted octanol–water partition coefficient (Wildman–Crippen LogP) is 9.97. The molecule has 0 saturated heterocycles. The van der Waals surface area contributed by atoms with E-state index in [0.717, 1.165) is 19.3 Å². The molecule has 0 aromatic heterocycles. The van der Waals surface area contributed by atoms with E-state index in [-0.39, 0.29) is 11.0 Å². The Balaban J connectivity index is 0.0000116. The molecule has 1 unspecified atom stereocenters. The third-order valence-electron chi connectivity index (χ3n) is 7.98. The van der Waals surface area contributed by atoms with Gasteiger partial charge in [0, 0.05) is 5.54 Å². The smallest absolute Gasteiger partial charge is 0.0185 e. The van der Waals surface area contributed by atoms with Crippen LogP contribution in [0, 0.1) is 5.92 Å². The molecule has 0 spiro atoms. The Morgan fingerprint density at radius 2 is 0.971 bits per heavy atom. The summed E-state index contributed by atoms with van der Waals surface area (Å²) in [6, 6.07) is 11.1. The third-order valence-corrected chi connectivity index (χ3v) is 7.98. The molecule has 0 fully saturated rings. The highest BCUT2D eigenvalue weighted by Gasteiger charge is 2.32. The van der Waals surface area contributed by atoms with Crippen LogP contribution in [0.15, 0.2) is 30.3 Å². The zero-order valence-corrected chi connectivity index (χ0v) is 24.1. The molecular formula is C33H63NO. The van der Waals surface area contributed by atoms with Gasteiger partial charge < -0.3 is 11.2 Å². The fourth-order valence-corrected chi connectivity index (χ4v) is 5.89. The summed E-state index contributed by atoms with van der Waals surface area (Å²) in [5.74, 6) is 0.612. The molecule has 206 valence electrons. The van der Waals surface area contributed by atoms with Crippen LogP contribution in [-0.4, -0.2) is 11.0 Å². The lowest BCUT2D eigenvalue weighted by atomic mass is 9.72. The van der Waals surface area contributed by atoms with Crippen molar-refractivity contribution < 1.29 is 5.48 Å². The van der Waals surface area contributed by atoms with E-state index in [0.29, 0.717) is 5.92 Å². The Kier molecular flexibility index (Phi) is 23.0. The quantitative estimate of drug-likeness (QED) is 0.144. The monoisotopic (exact) mass is 489 g/mol. The van der Waals surface area contributed by atoms with Gasteiger partial charge in [-0.3, -0.25) is 0 Å². The van der Waals surface area contributed by atoms with Crippen LogP contribution in [-0.2, 0) is 6.42 Å². The van der Waals surface area contributed by atoms with Crippen LogP contribution in [0.3, 0.4) is 0 Å². The molecule has 0 saturated carbocycles. The van der Waals surface area contributed by atoms with Gasteiger partial charge in [-0.15, -0.1) is 0 Å². The van der Waals surface area contributed by atoms with Crippen LogP contribution in [0.2, 0.25) is 0 Å². The molecular weight excluding hydrogens is 426 g/mol. The fourth-order valence-electron chi connectivity index (χ4n) is 5.89. The molecule has 0 bridgehead atoms. The van der Waals surface area contributed by atoms with E-state index >= 15 is 0 Å². The van der Waals surface area contributed by atoms with Crippen LogP contribution >= 0.6 is 0 Å². The van der Waals surface area contributed by atoms with Gasteiger partial charge in [0.2, 0.25) is 0 Å². The molecule has 1 aromatic carbocycles. The van der Waals surface area contributed by atoms with E-state index < -0.39 is 0 Å². The summed E-state index contributed by atoms with van der Waals surface area (Å²) in [5.41, 5.74) is 8.55. The van der Waals surface area contributed by atoms with Crippen molar-refractivity contribution in [3.63, 3.8) is 0 Å². The van der Waals surface area contributed by atoms with Gasteiger partial charge in [-0.1, -0.05) is 167 Å². The van der Waals surface area contributed by atoms with Crippen molar-refractivity contribution in [1.29, 1.82) is 0 Å². The number of rotatable bonds is 24. The third kappa shape index (κ3) is 17.3. The Hall–Kier alpha value is -0.860. The summed E-state index contributed by atoms with van der Waals surface area (Å²) in [4.78, 5) is 0. The number of nitrogens with two attached hydrogens (primary N) is 1. The van der Waals surface area contributed by atoms with Gasteiger partial charge in [0.05, 0.1) is 0 Å². The van der Waals surface area contributed by atoms with E-state index in [1.54, 1.807) is 0 Å². The molecule has 0 aliphatic heterocycles. The maximum absolute atomic E-state index is 7.08. The first kappa shape index (κ1) is 34.1. The summed E-state index contributed by atoms with van der Waals surface area (Å²) in [6.45, 7) is 6.90. The van der Waals surface area contributed by atoms with Crippen LogP contribution in [0.25, 0.3) is 0 Å². The molecule has 0 amide bonds. The van der Waals surface area contributed by atoms with Crippen LogP contribution in [0.4, 0.5) is 0 Å². The normalized spacial score (nSPS) is 12.5. The predicted molar refractivity (Wildman–Crippen MR) is 158 cm³/mol. The number of unbranched alkanes of at least 4 members (excludes halogenated alkanes) is 15. The van der Waals surface area contributed by atoms with Gasteiger partial charge in [-0.05, 0) is 37.2 Å². The molecule has 4 N–H and O–H groups in total. The molecule has 0 radical (unpaired) electrons. The highest BCUT2D eigenvalue weighted by atomic mass is 16.0. The van der Waals surface area contributed by atoms with E-state index in [4.69, 9.17) is 5.73 Å².